The van der Waals surface area contributed by atoms with Crippen LogP contribution >= 0.6 is 0 Å². The summed E-state index contributed by atoms with van der Waals surface area (Å²) < 4.78 is 0. The normalized spacial score (nSPS) is 11.6. The van der Waals surface area contributed by atoms with Crippen LogP contribution in [0.2, 0.25) is 0 Å². The molecule has 0 aliphatic heterocycles. The Morgan fingerprint density at radius 2 is 1.28 bits per heavy atom. The first-order valence-electron chi connectivity index (χ1n) is 8.15. The number of amidine groups is 2. The van der Waals surface area contributed by atoms with Crippen LogP contribution in [0.4, 0.5) is 0 Å². The summed E-state index contributed by atoms with van der Waals surface area (Å²) in [5.41, 5.74) is 3.97. The van der Waals surface area contributed by atoms with Crippen molar-refractivity contribution in [1.82, 2.24) is 0 Å². The summed E-state index contributed by atoms with van der Waals surface area (Å²) in [5, 5.41) is 8.20. The number of benzene rings is 3. The van der Waals surface area contributed by atoms with Crippen LogP contribution < -0.4 is 0 Å². The topological polar surface area (TPSA) is 48.6 Å². The zero-order valence-electron chi connectivity index (χ0n) is 14.1. The van der Waals surface area contributed by atoms with Gasteiger partial charge in [-0.3, -0.25) is 5.41 Å². The molecule has 0 atom stereocenters. The molecular weight excluding hydrogens is 306 g/mol. The first-order valence-corrected chi connectivity index (χ1v) is 8.15. The molecule has 0 radical (unpaired) electrons. The molecule has 3 nitrogen and oxygen atoms in total. The maximum absolute atomic E-state index is 8.20. The zero-order chi connectivity index (χ0) is 17.5. The summed E-state index contributed by atoms with van der Waals surface area (Å²) >= 11 is 0. The second-order valence-corrected chi connectivity index (χ2v) is 5.48. The van der Waals surface area contributed by atoms with Gasteiger partial charge in [0.15, 0.2) is 11.7 Å². The molecule has 122 valence electrons. The minimum atomic E-state index is 0.202. The molecule has 0 amide bonds. The van der Waals surface area contributed by atoms with Crippen molar-refractivity contribution < 1.29 is 0 Å². The maximum Gasteiger partial charge on any atom is 0.161 e. The van der Waals surface area contributed by atoms with E-state index in [-0.39, 0.29) is 5.84 Å². The zero-order valence-corrected chi connectivity index (χ0v) is 14.1. The average molecular weight is 325 g/mol. The summed E-state index contributed by atoms with van der Waals surface area (Å²) in [6.45, 7) is 1.85. The minimum Gasteiger partial charge on any atom is -0.282 e. The standard InChI is InChI=1S/C22H19N3/c1-2-24-22(25-21(23)19-11-7-4-8-12-19)20-15-13-18(14-16-20)17-9-5-3-6-10-17/h2-16,23H,1H3/b23-21?,24-2+,25-22-. The predicted molar refractivity (Wildman–Crippen MR) is 106 cm³/mol. The van der Waals surface area contributed by atoms with Crippen LogP contribution in [-0.4, -0.2) is 17.9 Å². The number of hydrogen-bond acceptors (Lipinski definition) is 1. The minimum absolute atomic E-state index is 0.202. The monoisotopic (exact) mass is 325 g/mol. The van der Waals surface area contributed by atoms with E-state index in [1.165, 1.54) is 5.56 Å². The van der Waals surface area contributed by atoms with Crippen LogP contribution in [0.25, 0.3) is 11.1 Å². The molecule has 0 aromatic heterocycles. The smallest absolute Gasteiger partial charge is 0.161 e. The Hall–Kier alpha value is -3.33. The van der Waals surface area contributed by atoms with E-state index in [1.807, 2.05) is 67.6 Å². The molecule has 0 bridgehead atoms. The quantitative estimate of drug-likeness (QED) is 0.507. The Kier molecular flexibility index (Phi) is 5.27. The fraction of sp³-hybridized carbons (Fsp3) is 0.0455. The van der Waals surface area contributed by atoms with Crippen LogP contribution in [-0.2, 0) is 0 Å². The van der Waals surface area contributed by atoms with Crippen molar-refractivity contribution in [3.8, 4) is 11.1 Å². The van der Waals surface area contributed by atoms with Gasteiger partial charge in [-0.05, 0) is 18.1 Å². The van der Waals surface area contributed by atoms with Gasteiger partial charge in [0.25, 0.3) is 0 Å². The molecule has 0 fully saturated rings. The van der Waals surface area contributed by atoms with Gasteiger partial charge in [0.1, 0.15) is 0 Å². The molecule has 0 heterocycles. The summed E-state index contributed by atoms with van der Waals surface area (Å²) in [7, 11) is 0. The number of aliphatic imine (C=N–C) groups is 2. The molecule has 25 heavy (non-hydrogen) atoms. The van der Waals surface area contributed by atoms with Crippen LogP contribution in [0, 0.1) is 5.41 Å². The van der Waals surface area contributed by atoms with Gasteiger partial charge < -0.3 is 0 Å². The van der Waals surface area contributed by atoms with Crippen molar-refractivity contribution in [2.24, 2.45) is 9.98 Å². The fourth-order valence-electron chi connectivity index (χ4n) is 2.50. The second kappa shape index (κ2) is 7.97. The molecule has 0 saturated carbocycles. The van der Waals surface area contributed by atoms with E-state index >= 15 is 0 Å². The molecule has 3 rings (SSSR count). The van der Waals surface area contributed by atoms with Gasteiger partial charge >= 0.3 is 0 Å². The van der Waals surface area contributed by atoms with Crippen LogP contribution in [0.1, 0.15) is 18.1 Å². The van der Waals surface area contributed by atoms with Crippen molar-refractivity contribution in [2.45, 2.75) is 6.92 Å². The average Bonchev–Trinajstić information content (AvgIpc) is 2.69. The lowest BCUT2D eigenvalue weighted by Gasteiger charge is -2.05. The third-order valence-electron chi connectivity index (χ3n) is 3.77. The van der Waals surface area contributed by atoms with Crippen LogP contribution in [0.15, 0.2) is 94.9 Å². The molecule has 0 aliphatic carbocycles. The van der Waals surface area contributed by atoms with Crippen molar-refractivity contribution in [3.63, 3.8) is 0 Å². The van der Waals surface area contributed by atoms with Gasteiger partial charge in [-0.1, -0.05) is 84.9 Å². The Morgan fingerprint density at radius 1 is 0.720 bits per heavy atom. The third-order valence-corrected chi connectivity index (χ3v) is 3.77. The Balaban J connectivity index is 1.91. The van der Waals surface area contributed by atoms with E-state index in [0.29, 0.717) is 5.84 Å². The largest absolute Gasteiger partial charge is 0.282 e. The van der Waals surface area contributed by atoms with Gasteiger partial charge in [0.05, 0.1) is 0 Å². The SMILES string of the molecule is C/C=N/C(=N\C(=N)c1ccccc1)c1ccc(-c2ccccc2)cc1. The van der Waals surface area contributed by atoms with Gasteiger partial charge in [-0.15, -0.1) is 0 Å². The van der Waals surface area contributed by atoms with Crippen molar-refractivity contribution in [3.05, 3.63) is 96.1 Å². The molecule has 3 aromatic rings. The molecular formula is C22H19N3. The highest BCUT2D eigenvalue weighted by atomic mass is 14.9. The van der Waals surface area contributed by atoms with Gasteiger partial charge in [-0.2, -0.15) is 0 Å². The number of rotatable bonds is 3. The van der Waals surface area contributed by atoms with Crippen molar-refractivity contribution in [2.75, 3.05) is 0 Å². The number of nitrogens with zero attached hydrogens (tertiary/aromatic N) is 2. The summed E-state index contributed by atoms with van der Waals surface area (Å²) in [4.78, 5) is 8.76. The van der Waals surface area contributed by atoms with Gasteiger partial charge in [-0.25, -0.2) is 9.98 Å². The molecule has 1 N–H and O–H groups in total. The summed E-state index contributed by atoms with van der Waals surface area (Å²) in [6, 6.07) is 27.8. The molecule has 0 unspecified atom stereocenters. The van der Waals surface area contributed by atoms with Crippen LogP contribution in [0.5, 0.6) is 0 Å². The Bertz CT molecular complexity index is 893. The molecule has 3 aromatic carbocycles. The van der Waals surface area contributed by atoms with Crippen LogP contribution in [0.3, 0.4) is 0 Å². The lowest BCUT2D eigenvalue weighted by Crippen LogP contribution is -2.04. The molecule has 0 saturated heterocycles. The molecule has 0 spiro atoms. The first kappa shape index (κ1) is 16.5. The van der Waals surface area contributed by atoms with Gasteiger partial charge in [0, 0.05) is 17.3 Å². The summed E-state index contributed by atoms with van der Waals surface area (Å²) in [6.07, 6.45) is 1.70. The highest BCUT2D eigenvalue weighted by Crippen LogP contribution is 2.20. The Morgan fingerprint density at radius 3 is 1.88 bits per heavy atom. The highest BCUT2D eigenvalue weighted by molar-refractivity contribution is 6.12. The van der Waals surface area contributed by atoms with Gasteiger partial charge in [0.2, 0.25) is 0 Å². The number of nitrogens with one attached hydrogen (secondary N) is 1. The van der Waals surface area contributed by atoms with E-state index in [4.69, 9.17) is 5.41 Å². The van der Waals surface area contributed by atoms with Crippen molar-refractivity contribution in [1.29, 1.82) is 5.41 Å². The fourth-order valence-corrected chi connectivity index (χ4v) is 2.50. The van der Waals surface area contributed by atoms with E-state index in [2.05, 4.69) is 34.3 Å². The lowest BCUT2D eigenvalue weighted by atomic mass is 10.0. The van der Waals surface area contributed by atoms with E-state index in [1.54, 1.807) is 6.21 Å². The maximum atomic E-state index is 8.20. The molecule has 0 aliphatic rings. The number of hydrogen-bond donors (Lipinski definition) is 1. The van der Waals surface area contributed by atoms with E-state index < -0.39 is 0 Å². The van der Waals surface area contributed by atoms with E-state index in [0.717, 1.165) is 16.7 Å². The first-order chi connectivity index (χ1) is 12.3. The highest BCUT2D eigenvalue weighted by Gasteiger charge is 2.06. The van der Waals surface area contributed by atoms with Crippen molar-refractivity contribution >= 4 is 17.9 Å². The lowest BCUT2D eigenvalue weighted by molar-refractivity contribution is 1.40. The third kappa shape index (κ3) is 4.15. The molecule has 3 heteroatoms. The Labute approximate surface area is 147 Å². The predicted octanol–water partition coefficient (Wildman–Crippen LogP) is 5.22. The second-order valence-electron chi connectivity index (χ2n) is 5.48. The summed E-state index contributed by atoms with van der Waals surface area (Å²) in [5.74, 6) is 0.740. The van der Waals surface area contributed by atoms with E-state index in [9.17, 15) is 0 Å².